The molecule has 0 bridgehead atoms. The maximum Gasteiger partial charge on any atom is 0.191 e. The van der Waals surface area contributed by atoms with Gasteiger partial charge < -0.3 is 10.6 Å². The molecule has 0 saturated carbocycles. The van der Waals surface area contributed by atoms with Crippen LogP contribution in [0.5, 0.6) is 0 Å². The van der Waals surface area contributed by atoms with E-state index in [9.17, 15) is 0 Å². The SMILES string of the molecule is CCNC(=NCc1sc(C)nc1C)NCc1nc(C(C)(C)C)cs1.I. The summed E-state index contributed by atoms with van der Waals surface area (Å²) < 4.78 is 0. The quantitative estimate of drug-likeness (QED) is 0.369. The third-order valence-electron chi connectivity index (χ3n) is 3.45. The number of aromatic nitrogens is 2. The predicted octanol–water partition coefficient (Wildman–Crippen LogP) is 4.39. The molecule has 2 N–H and O–H groups in total. The molecule has 140 valence electrons. The minimum atomic E-state index is 0. The number of nitrogens with zero attached hydrogens (tertiary/aromatic N) is 3. The first-order valence-corrected chi connectivity index (χ1v) is 9.89. The molecule has 0 fully saturated rings. The lowest BCUT2D eigenvalue weighted by Crippen LogP contribution is -2.36. The number of aliphatic imine (C=N–C) groups is 1. The molecule has 0 unspecified atom stereocenters. The van der Waals surface area contributed by atoms with Crippen LogP contribution in [0.2, 0.25) is 0 Å². The van der Waals surface area contributed by atoms with Crippen LogP contribution in [-0.2, 0) is 18.5 Å². The van der Waals surface area contributed by atoms with Gasteiger partial charge >= 0.3 is 0 Å². The number of hydrogen-bond acceptors (Lipinski definition) is 5. The van der Waals surface area contributed by atoms with Gasteiger partial charge in [0.15, 0.2) is 5.96 Å². The molecule has 2 aromatic heterocycles. The Hall–Kier alpha value is -0.740. The van der Waals surface area contributed by atoms with E-state index in [4.69, 9.17) is 4.98 Å². The Labute approximate surface area is 175 Å². The number of guanidine groups is 1. The second kappa shape index (κ2) is 9.82. The van der Waals surface area contributed by atoms with E-state index in [0.717, 1.165) is 33.9 Å². The third-order valence-corrected chi connectivity index (χ3v) is 5.36. The molecule has 0 aliphatic carbocycles. The van der Waals surface area contributed by atoms with Crippen LogP contribution >= 0.6 is 46.7 Å². The molecule has 0 radical (unpaired) electrons. The molecule has 0 saturated heterocycles. The molecule has 2 rings (SSSR count). The van der Waals surface area contributed by atoms with Gasteiger partial charge in [0, 0.05) is 22.2 Å². The summed E-state index contributed by atoms with van der Waals surface area (Å²) in [6.45, 7) is 14.9. The first-order chi connectivity index (χ1) is 11.3. The maximum atomic E-state index is 4.71. The van der Waals surface area contributed by atoms with Crippen molar-refractivity contribution in [2.75, 3.05) is 6.54 Å². The zero-order valence-corrected chi connectivity index (χ0v) is 19.7. The minimum Gasteiger partial charge on any atom is -0.357 e. The van der Waals surface area contributed by atoms with Crippen molar-refractivity contribution in [1.82, 2.24) is 20.6 Å². The Kier molecular flexibility index (Phi) is 8.76. The predicted molar refractivity (Wildman–Crippen MR) is 119 cm³/mol. The van der Waals surface area contributed by atoms with Crippen molar-refractivity contribution in [1.29, 1.82) is 0 Å². The Bertz CT molecular complexity index is 700. The molecule has 0 atom stereocenters. The fraction of sp³-hybridized carbons (Fsp3) is 0.588. The molecule has 2 aromatic rings. The number of rotatable bonds is 5. The van der Waals surface area contributed by atoms with Gasteiger partial charge in [-0.3, -0.25) is 0 Å². The van der Waals surface area contributed by atoms with Crippen LogP contribution in [-0.4, -0.2) is 22.5 Å². The molecule has 8 heteroatoms. The third kappa shape index (κ3) is 6.82. The van der Waals surface area contributed by atoms with Crippen molar-refractivity contribution in [3.63, 3.8) is 0 Å². The summed E-state index contributed by atoms with van der Waals surface area (Å²) in [5, 5.41) is 11.0. The van der Waals surface area contributed by atoms with Gasteiger partial charge in [-0.15, -0.1) is 46.7 Å². The van der Waals surface area contributed by atoms with Gasteiger partial charge in [0.05, 0.1) is 29.5 Å². The van der Waals surface area contributed by atoms with Crippen LogP contribution in [0.3, 0.4) is 0 Å². The molecule has 5 nitrogen and oxygen atoms in total. The van der Waals surface area contributed by atoms with E-state index >= 15 is 0 Å². The van der Waals surface area contributed by atoms with Gasteiger partial charge in [-0.1, -0.05) is 20.8 Å². The lowest BCUT2D eigenvalue weighted by Gasteiger charge is -2.14. The molecule has 0 aliphatic rings. The zero-order valence-electron chi connectivity index (χ0n) is 15.8. The smallest absolute Gasteiger partial charge is 0.191 e. The van der Waals surface area contributed by atoms with Crippen LogP contribution in [0.15, 0.2) is 10.4 Å². The van der Waals surface area contributed by atoms with E-state index in [1.54, 1.807) is 22.7 Å². The van der Waals surface area contributed by atoms with Gasteiger partial charge in [0.1, 0.15) is 5.01 Å². The van der Waals surface area contributed by atoms with E-state index in [1.165, 1.54) is 4.88 Å². The van der Waals surface area contributed by atoms with Crippen LogP contribution in [0.4, 0.5) is 0 Å². The van der Waals surface area contributed by atoms with E-state index in [2.05, 4.69) is 53.7 Å². The van der Waals surface area contributed by atoms with Crippen LogP contribution in [0, 0.1) is 13.8 Å². The second-order valence-electron chi connectivity index (χ2n) is 6.67. The van der Waals surface area contributed by atoms with Gasteiger partial charge in [-0.2, -0.15) is 0 Å². The fourth-order valence-electron chi connectivity index (χ4n) is 2.11. The molecule has 2 heterocycles. The Morgan fingerprint density at radius 2 is 1.92 bits per heavy atom. The highest BCUT2D eigenvalue weighted by molar-refractivity contribution is 14.0. The van der Waals surface area contributed by atoms with Crippen molar-refractivity contribution < 1.29 is 0 Å². The van der Waals surface area contributed by atoms with Crippen molar-refractivity contribution in [2.45, 2.75) is 60.0 Å². The number of nitrogens with one attached hydrogen (secondary N) is 2. The Morgan fingerprint density at radius 1 is 1.20 bits per heavy atom. The van der Waals surface area contributed by atoms with Gasteiger partial charge in [0.25, 0.3) is 0 Å². The lowest BCUT2D eigenvalue weighted by atomic mass is 9.93. The zero-order chi connectivity index (χ0) is 17.7. The van der Waals surface area contributed by atoms with Gasteiger partial charge in [0.2, 0.25) is 0 Å². The monoisotopic (exact) mass is 493 g/mol. The van der Waals surface area contributed by atoms with Crippen molar-refractivity contribution >= 4 is 52.6 Å². The molecule has 25 heavy (non-hydrogen) atoms. The normalized spacial score (nSPS) is 12.0. The number of thiazole rings is 2. The van der Waals surface area contributed by atoms with E-state index in [1.807, 2.05) is 13.8 Å². The van der Waals surface area contributed by atoms with Crippen molar-refractivity contribution in [2.24, 2.45) is 4.99 Å². The Morgan fingerprint density at radius 3 is 2.44 bits per heavy atom. The molecule has 0 spiro atoms. The summed E-state index contributed by atoms with van der Waals surface area (Å²) in [5.41, 5.74) is 2.31. The summed E-state index contributed by atoms with van der Waals surface area (Å²) in [7, 11) is 0. The van der Waals surface area contributed by atoms with E-state index in [-0.39, 0.29) is 29.4 Å². The molecule has 0 amide bonds. The summed E-state index contributed by atoms with van der Waals surface area (Å²) in [6, 6.07) is 0. The van der Waals surface area contributed by atoms with Crippen LogP contribution in [0.25, 0.3) is 0 Å². The fourth-order valence-corrected chi connectivity index (χ4v) is 3.93. The van der Waals surface area contributed by atoms with E-state index < -0.39 is 0 Å². The average molecular weight is 493 g/mol. The largest absolute Gasteiger partial charge is 0.357 e. The number of aryl methyl sites for hydroxylation is 2. The first kappa shape index (κ1) is 22.3. The summed E-state index contributed by atoms with van der Waals surface area (Å²) in [6.07, 6.45) is 0. The minimum absolute atomic E-state index is 0. The maximum absolute atomic E-state index is 4.71. The van der Waals surface area contributed by atoms with E-state index in [0.29, 0.717) is 13.1 Å². The summed E-state index contributed by atoms with van der Waals surface area (Å²) in [4.78, 5) is 15.1. The standard InChI is InChI=1S/C17H27N5S2.HI/c1-7-18-16(19-8-13-11(2)21-12(3)24-13)20-9-15-22-14(10-23-15)17(4,5)6;/h10H,7-9H2,1-6H3,(H2,18,19,20);1H. The number of halogens is 1. The molecule has 0 aromatic carbocycles. The van der Waals surface area contributed by atoms with Gasteiger partial charge in [-0.05, 0) is 20.8 Å². The molecule has 0 aliphatic heterocycles. The molecular formula is C17H28IN5S2. The second-order valence-corrected chi connectivity index (χ2v) is 8.90. The van der Waals surface area contributed by atoms with Crippen LogP contribution in [0.1, 0.15) is 54.0 Å². The van der Waals surface area contributed by atoms with Crippen LogP contribution < -0.4 is 10.6 Å². The van der Waals surface area contributed by atoms with Crippen molar-refractivity contribution in [3.05, 3.63) is 31.7 Å². The topological polar surface area (TPSA) is 62.2 Å². The average Bonchev–Trinajstić information content (AvgIpc) is 3.08. The highest BCUT2D eigenvalue weighted by Gasteiger charge is 2.17. The highest BCUT2D eigenvalue weighted by Crippen LogP contribution is 2.23. The lowest BCUT2D eigenvalue weighted by molar-refractivity contribution is 0.570. The highest BCUT2D eigenvalue weighted by atomic mass is 127. The number of hydrogen-bond donors (Lipinski definition) is 2. The summed E-state index contributed by atoms with van der Waals surface area (Å²) >= 11 is 3.40. The molecular weight excluding hydrogens is 465 g/mol. The van der Waals surface area contributed by atoms with Gasteiger partial charge in [-0.25, -0.2) is 15.0 Å². The Balaban J connectivity index is 0.00000312. The van der Waals surface area contributed by atoms with Crippen molar-refractivity contribution in [3.8, 4) is 0 Å². The first-order valence-electron chi connectivity index (χ1n) is 8.19. The summed E-state index contributed by atoms with van der Waals surface area (Å²) in [5.74, 6) is 0.815.